The van der Waals surface area contributed by atoms with Crippen LogP contribution in [-0.2, 0) is 4.74 Å². The zero-order valence-corrected chi connectivity index (χ0v) is 13.6. The normalized spacial score (nSPS) is 29.3. The predicted molar refractivity (Wildman–Crippen MR) is 79.4 cm³/mol. The Morgan fingerprint density at radius 1 is 1.17 bits per heavy atom. The summed E-state index contributed by atoms with van der Waals surface area (Å²) in [7, 11) is 2.24. The van der Waals surface area contributed by atoms with Crippen molar-refractivity contribution in [2.45, 2.75) is 32.2 Å². The van der Waals surface area contributed by atoms with Gasteiger partial charge in [0.15, 0.2) is 0 Å². The summed E-state index contributed by atoms with van der Waals surface area (Å²) in [5.41, 5.74) is 0.737. The molecule has 4 heteroatoms. The van der Waals surface area contributed by atoms with E-state index < -0.39 is 0 Å². The van der Waals surface area contributed by atoms with Crippen LogP contribution in [0.4, 0.5) is 0 Å². The molecule has 106 valence electrons. The Kier molecular flexibility index (Phi) is 4.74. The van der Waals surface area contributed by atoms with Crippen LogP contribution >= 0.6 is 15.9 Å². The zero-order valence-electron chi connectivity index (χ0n) is 12.0. The summed E-state index contributed by atoms with van der Waals surface area (Å²) in [6, 6.07) is 0. The Bertz CT molecular complexity index is 277. The van der Waals surface area contributed by atoms with Gasteiger partial charge in [0.1, 0.15) is 0 Å². The maximum absolute atomic E-state index is 5.53. The molecule has 0 aromatic carbocycles. The van der Waals surface area contributed by atoms with Crippen LogP contribution in [0.5, 0.6) is 0 Å². The monoisotopic (exact) mass is 318 g/mol. The number of nitrogens with zero attached hydrogens (tertiary/aromatic N) is 2. The first-order valence-electron chi connectivity index (χ1n) is 7.05. The van der Waals surface area contributed by atoms with E-state index in [1.54, 1.807) is 0 Å². The minimum Gasteiger partial charge on any atom is -0.381 e. The Balaban J connectivity index is 1.96. The van der Waals surface area contributed by atoms with Gasteiger partial charge in [-0.1, -0.05) is 15.9 Å². The fourth-order valence-corrected chi connectivity index (χ4v) is 3.83. The van der Waals surface area contributed by atoms with E-state index in [0.717, 1.165) is 18.5 Å². The van der Waals surface area contributed by atoms with Crippen molar-refractivity contribution in [2.75, 3.05) is 51.8 Å². The molecule has 0 radical (unpaired) electrons. The van der Waals surface area contributed by atoms with Crippen LogP contribution in [0.2, 0.25) is 0 Å². The summed E-state index contributed by atoms with van der Waals surface area (Å²) >= 11 is 3.74. The fourth-order valence-electron chi connectivity index (χ4n) is 3.09. The van der Waals surface area contributed by atoms with Gasteiger partial charge in [0.25, 0.3) is 0 Å². The number of rotatable bonds is 3. The predicted octanol–water partition coefficient (Wildman–Crippen LogP) is 2.20. The average Bonchev–Trinajstić information content (AvgIpc) is 2.35. The van der Waals surface area contributed by atoms with E-state index in [1.807, 2.05) is 0 Å². The van der Waals surface area contributed by atoms with Crippen LogP contribution in [0.15, 0.2) is 0 Å². The lowest BCUT2D eigenvalue weighted by Gasteiger charge is -2.48. The summed E-state index contributed by atoms with van der Waals surface area (Å²) in [4.78, 5) is 5.14. The highest BCUT2D eigenvalue weighted by Crippen LogP contribution is 2.34. The second kappa shape index (κ2) is 5.78. The minimum absolute atomic E-state index is 0.302. The largest absolute Gasteiger partial charge is 0.381 e. The maximum Gasteiger partial charge on any atom is 0.0472 e. The quantitative estimate of drug-likeness (QED) is 0.742. The highest BCUT2D eigenvalue weighted by molar-refractivity contribution is 9.09. The van der Waals surface area contributed by atoms with Crippen molar-refractivity contribution >= 4 is 15.9 Å². The summed E-state index contributed by atoms with van der Waals surface area (Å²) in [6.45, 7) is 11.4. The Morgan fingerprint density at radius 3 is 2.39 bits per heavy atom. The van der Waals surface area contributed by atoms with Gasteiger partial charge in [-0.2, -0.15) is 0 Å². The van der Waals surface area contributed by atoms with Crippen molar-refractivity contribution in [1.29, 1.82) is 0 Å². The lowest BCUT2D eigenvalue weighted by molar-refractivity contribution is -0.0207. The lowest BCUT2D eigenvalue weighted by Crippen LogP contribution is -2.59. The van der Waals surface area contributed by atoms with E-state index in [4.69, 9.17) is 4.74 Å². The molecular formula is C14H27BrN2O. The number of piperazine rings is 1. The molecule has 2 fully saturated rings. The Morgan fingerprint density at radius 2 is 1.83 bits per heavy atom. The molecule has 2 aliphatic rings. The molecule has 2 saturated heterocycles. The standard InChI is InChI=1S/C14H27BrN2O/c1-13(2)11-17(7-6-16(13)3)12-14(10-15)4-8-18-9-5-14/h4-12H2,1-3H3. The number of hydrogen-bond acceptors (Lipinski definition) is 3. The van der Waals surface area contributed by atoms with Gasteiger partial charge >= 0.3 is 0 Å². The molecule has 0 N–H and O–H groups in total. The van der Waals surface area contributed by atoms with E-state index in [2.05, 4.69) is 46.6 Å². The molecule has 18 heavy (non-hydrogen) atoms. The molecule has 0 amide bonds. The van der Waals surface area contributed by atoms with Gasteiger partial charge in [-0.05, 0) is 39.2 Å². The molecular weight excluding hydrogens is 292 g/mol. The van der Waals surface area contributed by atoms with Crippen LogP contribution < -0.4 is 0 Å². The van der Waals surface area contributed by atoms with Gasteiger partial charge in [-0.15, -0.1) is 0 Å². The van der Waals surface area contributed by atoms with Gasteiger partial charge in [0.2, 0.25) is 0 Å². The van der Waals surface area contributed by atoms with Crippen LogP contribution in [0.25, 0.3) is 0 Å². The van der Waals surface area contributed by atoms with Crippen LogP contribution in [0.3, 0.4) is 0 Å². The molecule has 0 atom stereocenters. The van der Waals surface area contributed by atoms with Crippen LogP contribution in [0.1, 0.15) is 26.7 Å². The average molecular weight is 319 g/mol. The van der Waals surface area contributed by atoms with Crippen molar-refractivity contribution in [3.63, 3.8) is 0 Å². The smallest absolute Gasteiger partial charge is 0.0472 e. The number of ether oxygens (including phenoxy) is 1. The number of halogens is 1. The molecule has 0 aromatic rings. The minimum atomic E-state index is 0.302. The van der Waals surface area contributed by atoms with Crippen LogP contribution in [-0.4, -0.2) is 67.1 Å². The van der Waals surface area contributed by atoms with Crippen LogP contribution in [0, 0.1) is 5.41 Å². The second-order valence-corrected chi connectivity index (χ2v) is 7.25. The van der Waals surface area contributed by atoms with Gasteiger partial charge < -0.3 is 4.74 Å². The van der Waals surface area contributed by atoms with E-state index in [-0.39, 0.29) is 0 Å². The van der Waals surface area contributed by atoms with Crippen molar-refractivity contribution in [3.8, 4) is 0 Å². The molecule has 0 bridgehead atoms. The molecule has 0 unspecified atom stereocenters. The molecule has 0 aliphatic carbocycles. The molecule has 2 aliphatic heterocycles. The summed E-state index contributed by atoms with van der Waals surface area (Å²) in [5, 5.41) is 1.11. The third-order valence-electron chi connectivity index (χ3n) is 4.79. The van der Waals surface area contributed by atoms with Crippen molar-refractivity contribution in [1.82, 2.24) is 9.80 Å². The topological polar surface area (TPSA) is 15.7 Å². The molecule has 3 nitrogen and oxygen atoms in total. The summed E-state index contributed by atoms with van der Waals surface area (Å²) in [5.74, 6) is 0. The van der Waals surface area contributed by atoms with E-state index in [9.17, 15) is 0 Å². The van der Waals surface area contributed by atoms with Gasteiger partial charge in [0, 0.05) is 50.3 Å². The molecule has 0 spiro atoms. The first-order chi connectivity index (χ1) is 8.47. The van der Waals surface area contributed by atoms with E-state index in [0.29, 0.717) is 11.0 Å². The number of alkyl halides is 1. The summed E-state index contributed by atoms with van der Waals surface area (Å²) in [6.07, 6.45) is 2.40. The van der Waals surface area contributed by atoms with Gasteiger partial charge in [-0.3, -0.25) is 9.80 Å². The third kappa shape index (κ3) is 3.27. The van der Waals surface area contributed by atoms with Crippen molar-refractivity contribution in [3.05, 3.63) is 0 Å². The highest BCUT2D eigenvalue weighted by Gasteiger charge is 2.37. The zero-order chi connectivity index (χ0) is 13.2. The SMILES string of the molecule is CN1CCN(CC2(CBr)CCOCC2)CC1(C)C. The Labute approximate surface area is 120 Å². The van der Waals surface area contributed by atoms with E-state index in [1.165, 1.54) is 39.0 Å². The maximum atomic E-state index is 5.53. The molecule has 0 saturated carbocycles. The first-order valence-corrected chi connectivity index (χ1v) is 8.17. The van der Waals surface area contributed by atoms with Gasteiger partial charge in [-0.25, -0.2) is 0 Å². The third-order valence-corrected chi connectivity index (χ3v) is 5.98. The highest BCUT2D eigenvalue weighted by atomic mass is 79.9. The number of hydrogen-bond donors (Lipinski definition) is 0. The van der Waals surface area contributed by atoms with Crippen molar-refractivity contribution < 1.29 is 4.74 Å². The molecule has 2 heterocycles. The lowest BCUT2D eigenvalue weighted by atomic mass is 9.81. The first kappa shape index (κ1) is 14.8. The summed E-state index contributed by atoms with van der Waals surface area (Å²) < 4.78 is 5.53. The second-order valence-electron chi connectivity index (χ2n) is 6.69. The fraction of sp³-hybridized carbons (Fsp3) is 1.00. The van der Waals surface area contributed by atoms with E-state index >= 15 is 0 Å². The molecule has 2 rings (SSSR count). The van der Waals surface area contributed by atoms with Crippen molar-refractivity contribution in [2.24, 2.45) is 5.41 Å². The number of likely N-dealkylation sites (N-methyl/N-ethyl adjacent to an activating group) is 1. The molecule has 0 aromatic heterocycles. The van der Waals surface area contributed by atoms with Gasteiger partial charge in [0.05, 0.1) is 0 Å². The Hall–Kier alpha value is 0.360.